The van der Waals surface area contributed by atoms with Gasteiger partial charge in [0, 0.05) is 0 Å². The van der Waals surface area contributed by atoms with Crippen LogP contribution in [0.4, 0.5) is 0 Å². The third-order valence-electron chi connectivity index (χ3n) is 1.92. The lowest BCUT2D eigenvalue weighted by Crippen LogP contribution is -2.61. The van der Waals surface area contributed by atoms with Crippen LogP contribution in [0, 0.1) is 13.8 Å². The molecule has 0 aliphatic heterocycles. The average molecular weight is 180 g/mol. The van der Waals surface area contributed by atoms with E-state index in [-0.39, 0.29) is 0 Å². The summed E-state index contributed by atoms with van der Waals surface area (Å²) in [4.78, 5) is 0. The largest absolute Gasteiger partial charge is 0.487 e. The lowest BCUT2D eigenvalue weighted by molar-refractivity contribution is -0.417. The molecule has 0 heterocycles. The van der Waals surface area contributed by atoms with Gasteiger partial charge in [-0.1, -0.05) is 18.2 Å². The van der Waals surface area contributed by atoms with Gasteiger partial charge in [-0.15, -0.1) is 0 Å². The minimum atomic E-state index is 0.332. The Morgan fingerprint density at radius 1 is 1.31 bits per heavy atom. The summed E-state index contributed by atoms with van der Waals surface area (Å²) < 4.78 is 5.67. The summed E-state index contributed by atoms with van der Waals surface area (Å²) in [7, 11) is 0. The van der Waals surface area contributed by atoms with Gasteiger partial charge in [-0.05, 0) is 31.9 Å². The van der Waals surface area contributed by atoms with E-state index in [1.54, 1.807) is 0 Å². The van der Waals surface area contributed by atoms with Crippen LogP contribution in [0.2, 0.25) is 0 Å². The molecule has 0 aliphatic rings. The quantitative estimate of drug-likeness (QED) is 0.748. The molecule has 2 heteroatoms. The molecule has 0 unspecified atom stereocenters. The van der Waals surface area contributed by atoms with E-state index in [1.165, 1.54) is 11.1 Å². The molecule has 0 saturated carbocycles. The minimum Gasteiger partial charge on any atom is -0.487 e. The fourth-order valence-corrected chi connectivity index (χ4v) is 1.25. The molecule has 0 bridgehead atoms. The standard InChI is InChI=1S/C11H17NO/c1-8-5-4-6-9(2)11(8)13-7-10(3)12/h4-6,10H,7,12H2,1-3H3/p+1/t10-/m1/s1. The van der Waals surface area contributed by atoms with Gasteiger partial charge in [0.1, 0.15) is 18.4 Å². The Morgan fingerprint density at radius 2 is 1.85 bits per heavy atom. The van der Waals surface area contributed by atoms with Crippen molar-refractivity contribution >= 4 is 0 Å². The predicted molar refractivity (Wildman–Crippen MR) is 53.8 cm³/mol. The van der Waals surface area contributed by atoms with Gasteiger partial charge in [0.05, 0.1) is 0 Å². The Bertz CT molecular complexity index is 261. The number of hydrogen-bond acceptors (Lipinski definition) is 1. The maximum absolute atomic E-state index is 5.67. The number of hydrogen-bond donors (Lipinski definition) is 1. The molecular weight excluding hydrogens is 162 g/mol. The van der Waals surface area contributed by atoms with Crippen molar-refractivity contribution in [3.63, 3.8) is 0 Å². The molecule has 1 rings (SSSR count). The van der Waals surface area contributed by atoms with E-state index in [0.717, 1.165) is 5.75 Å². The lowest BCUT2D eigenvalue weighted by Gasteiger charge is -2.11. The second-order valence-electron chi connectivity index (χ2n) is 3.64. The summed E-state index contributed by atoms with van der Waals surface area (Å²) in [6.45, 7) is 6.87. The van der Waals surface area contributed by atoms with E-state index < -0.39 is 0 Å². The van der Waals surface area contributed by atoms with E-state index in [0.29, 0.717) is 12.6 Å². The van der Waals surface area contributed by atoms with Crippen molar-refractivity contribution in [2.45, 2.75) is 26.8 Å². The zero-order chi connectivity index (χ0) is 9.84. The van der Waals surface area contributed by atoms with Gasteiger partial charge in [0.2, 0.25) is 0 Å². The summed E-state index contributed by atoms with van der Waals surface area (Å²) in [5.41, 5.74) is 6.28. The number of aryl methyl sites for hydroxylation is 2. The van der Waals surface area contributed by atoms with Crippen molar-refractivity contribution in [2.24, 2.45) is 0 Å². The van der Waals surface area contributed by atoms with Crippen LogP contribution in [-0.2, 0) is 0 Å². The van der Waals surface area contributed by atoms with Crippen LogP contribution < -0.4 is 10.5 Å². The molecule has 0 amide bonds. The van der Waals surface area contributed by atoms with Gasteiger partial charge < -0.3 is 10.5 Å². The highest BCUT2D eigenvalue weighted by Gasteiger charge is 2.04. The normalized spacial score (nSPS) is 12.6. The van der Waals surface area contributed by atoms with E-state index in [2.05, 4.69) is 31.7 Å². The molecule has 3 N–H and O–H groups in total. The number of rotatable bonds is 3. The average Bonchev–Trinajstić information content (AvgIpc) is 2.03. The van der Waals surface area contributed by atoms with Gasteiger partial charge in [0.25, 0.3) is 0 Å². The lowest BCUT2D eigenvalue weighted by atomic mass is 10.1. The minimum absolute atomic E-state index is 0.332. The highest BCUT2D eigenvalue weighted by Crippen LogP contribution is 2.21. The summed E-state index contributed by atoms with van der Waals surface area (Å²) >= 11 is 0. The van der Waals surface area contributed by atoms with Crippen LogP contribution in [0.3, 0.4) is 0 Å². The molecule has 72 valence electrons. The van der Waals surface area contributed by atoms with Crippen molar-refractivity contribution < 1.29 is 10.5 Å². The Hall–Kier alpha value is -1.02. The van der Waals surface area contributed by atoms with Crippen molar-refractivity contribution in [1.82, 2.24) is 0 Å². The van der Waals surface area contributed by atoms with E-state index in [1.807, 2.05) is 13.0 Å². The molecule has 0 saturated heterocycles. The first-order valence-electron chi connectivity index (χ1n) is 4.63. The highest BCUT2D eigenvalue weighted by molar-refractivity contribution is 5.39. The second kappa shape index (κ2) is 4.28. The maximum atomic E-state index is 5.67. The van der Waals surface area contributed by atoms with E-state index in [9.17, 15) is 0 Å². The second-order valence-corrected chi connectivity index (χ2v) is 3.64. The molecule has 1 aromatic rings. The van der Waals surface area contributed by atoms with Gasteiger partial charge in [-0.25, -0.2) is 0 Å². The molecule has 2 nitrogen and oxygen atoms in total. The number of para-hydroxylation sites is 1. The number of benzene rings is 1. The van der Waals surface area contributed by atoms with Crippen LogP contribution in [-0.4, -0.2) is 12.6 Å². The van der Waals surface area contributed by atoms with Gasteiger partial charge in [-0.3, -0.25) is 0 Å². The molecule has 13 heavy (non-hydrogen) atoms. The zero-order valence-electron chi connectivity index (χ0n) is 8.63. The molecule has 1 atom stereocenters. The van der Waals surface area contributed by atoms with Crippen molar-refractivity contribution in [2.75, 3.05) is 6.61 Å². The third kappa shape index (κ3) is 2.74. The topological polar surface area (TPSA) is 36.9 Å². The molecule has 1 aromatic carbocycles. The summed E-state index contributed by atoms with van der Waals surface area (Å²) in [6, 6.07) is 6.51. The van der Waals surface area contributed by atoms with Crippen LogP contribution in [0.15, 0.2) is 18.2 Å². The van der Waals surface area contributed by atoms with Crippen molar-refractivity contribution in [3.8, 4) is 5.75 Å². The van der Waals surface area contributed by atoms with Crippen LogP contribution in [0.1, 0.15) is 18.1 Å². The Labute approximate surface area is 79.7 Å². The van der Waals surface area contributed by atoms with Crippen molar-refractivity contribution in [3.05, 3.63) is 29.3 Å². The molecule has 0 spiro atoms. The Balaban J connectivity index is 2.75. The fraction of sp³-hybridized carbons (Fsp3) is 0.455. The molecule has 0 aromatic heterocycles. The third-order valence-corrected chi connectivity index (χ3v) is 1.92. The number of quaternary nitrogens is 1. The van der Waals surface area contributed by atoms with E-state index in [4.69, 9.17) is 4.74 Å². The molecule has 0 radical (unpaired) electrons. The van der Waals surface area contributed by atoms with Gasteiger partial charge in [0.15, 0.2) is 0 Å². The van der Waals surface area contributed by atoms with Gasteiger partial charge in [-0.2, -0.15) is 0 Å². The highest BCUT2D eigenvalue weighted by atomic mass is 16.5. The summed E-state index contributed by atoms with van der Waals surface area (Å²) in [5, 5.41) is 0. The van der Waals surface area contributed by atoms with E-state index >= 15 is 0 Å². The van der Waals surface area contributed by atoms with Crippen LogP contribution >= 0.6 is 0 Å². The summed E-state index contributed by atoms with van der Waals surface area (Å²) in [5.74, 6) is 1.01. The fourth-order valence-electron chi connectivity index (χ4n) is 1.25. The molecule has 0 aliphatic carbocycles. The molecular formula is C11H18NO+. The van der Waals surface area contributed by atoms with Crippen LogP contribution in [0.5, 0.6) is 5.75 Å². The van der Waals surface area contributed by atoms with Gasteiger partial charge >= 0.3 is 0 Å². The first-order valence-corrected chi connectivity index (χ1v) is 4.63. The first kappa shape index (κ1) is 10.1. The van der Waals surface area contributed by atoms with Crippen molar-refractivity contribution in [1.29, 1.82) is 0 Å². The predicted octanol–water partition coefficient (Wildman–Crippen LogP) is 1.31. The monoisotopic (exact) mass is 180 g/mol. The number of ether oxygens (including phenoxy) is 1. The summed E-state index contributed by atoms with van der Waals surface area (Å²) in [6.07, 6.45) is 0. The SMILES string of the molecule is Cc1cccc(C)c1OC[C@@H](C)[NH3+]. The zero-order valence-corrected chi connectivity index (χ0v) is 8.63. The Morgan fingerprint density at radius 3 is 2.31 bits per heavy atom. The first-order chi connectivity index (χ1) is 6.11. The molecule has 0 fully saturated rings. The Kier molecular flexibility index (Phi) is 3.32. The van der Waals surface area contributed by atoms with Crippen LogP contribution in [0.25, 0.3) is 0 Å². The smallest absolute Gasteiger partial charge is 0.139 e. The maximum Gasteiger partial charge on any atom is 0.139 e.